The number of hydrogen-bond acceptors (Lipinski definition) is 7. The average Bonchev–Trinajstić information content (AvgIpc) is 3.06. The van der Waals surface area contributed by atoms with Crippen molar-refractivity contribution in [2.24, 2.45) is 0 Å². The molecule has 0 saturated heterocycles. The summed E-state index contributed by atoms with van der Waals surface area (Å²) in [6, 6.07) is 11.1. The molecule has 1 aromatic heterocycles. The van der Waals surface area contributed by atoms with Crippen LogP contribution in [0.2, 0.25) is 0 Å². The Balaban J connectivity index is 1.91. The van der Waals surface area contributed by atoms with Crippen LogP contribution in [0.15, 0.2) is 40.9 Å². The summed E-state index contributed by atoms with van der Waals surface area (Å²) in [5, 5.41) is 16.9. The van der Waals surface area contributed by atoms with Crippen LogP contribution < -0.4 is 10.6 Å². The van der Waals surface area contributed by atoms with Crippen molar-refractivity contribution in [1.29, 1.82) is 0 Å². The standard InChI is InChI=1S/C18H18BrN5O2S/c1-10-8-9-13(15(25)14(10)18(26)24(2)3)21-17-16(22-27-23-17)20-12-7-5-4-6-11(12)19/h4-9,25H,1-3H3,(H,20,22)(H,21,23). The number of aromatic hydroxyl groups is 1. The molecule has 3 N–H and O–H groups in total. The molecule has 1 amide bonds. The van der Waals surface area contributed by atoms with Crippen LogP contribution in [0.3, 0.4) is 0 Å². The van der Waals surface area contributed by atoms with E-state index < -0.39 is 0 Å². The third kappa shape index (κ3) is 4.04. The second kappa shape index (κ2) is 7.93. The van der Waals surface area contributed by atoms with Gasteiger partial charge in [-0.2, -0.15) is 8.75 Å². The molecule has 0 aliphatic carbocycles. The molecule has 3 aromatic rings. The molecule has 0 aliphatic rings. The van der Waals surface area contributed by atoms with Gasteiger partial charge in [-0.15, -0.1) is 0 Å². The molecule has 7 nitrogen and oxygen atoms in total. The molecule has 2 aromatic carbocycles. The number of aryl methyl sites for hydroxylation is 1. The van der Waals surface area contributed by atoms with Crippen LogP contribution in [0.25, 0.3) is 0 Å². The summed E-state index contributed by atoms with van der Waals surface area (Å²) in [4.78, 5) is 13.8. The van der Waals surface area contributed by atoms with E-state index >= 15 is 0 Å². The molecular formula is C18H18BrN5O2S. The van der Waals surface area contributed by atoms with Gasteiger partial charge in [0.15, 0.2) is 17.4 Å². The quantitative estimate of drug-likeness (QED) is 0.498. The Morgan fingerprint density at radius 3 is 2.33 bits per heavy atom. The highest BCUT2D eigenvalue weighted by atomic mass is 79.9. The number of para-hydroxylation sites is 1. The topological polar surface area (TPSA) is 90.4 Å². The number of amides is 1. The van der Waals surface area contributed by atoms with Crippen molar-refractivity contribution < 1.29 is 9.90 Å². The van der Waals surface area contributed by atoms with Crippen LogP contribution in [-0.4, -0.2) is 38.8 Å². The predicted molar refractivity (Wildman–Crippen MR) is 111 cm³/mol. The largest absolute Gasteiger partial charge is 0.505 e. The first-order valence-electron chi connectivity index (χ1n) is 8.04. The third-order valence-corrected chi connectivity index (χ3v) is 5.09. The van der Waals surface area contributed by atoms with Crippen molar-refractivity contribution in [1.82, 2.24) is 13.6 Å². The Morgan fingerprint density at radius 2 is 1.70 bits per heavy atom. The number of hydrogen-bond donors (Lipinski definition) is 3. The predicted octanol–water partition coefficient (Wildman–Crippen LogP) is 4.50. The fourth-order valence-corrected chi connectivity index (χ4v) is 3.31. The van der Waals surface area contributed by atoms with Crippen LogP contribution >= 0.6 is 27.7 Å². The maximum atomic E-state index is 12.4. The molecule has 0 aliphatic heterocycles. The summed E-state index contributed by atoms with van der Waals surface area (Å²) in [6.45, 7) is 1.78. The lowest BCUT2D eigenvalue weighted by Gasteiger charge is -2.16. The van der Waals surface area contributed by atoms with Crippen LogP contribution in [0.5, 0.6) is 5.75 Å². The van der Waals surface area contributed by atoms with E-state index in [4.69, 9.17) is 0 Å². The van der Waals surface area contributed by atoms with Crippen molar-refractivity contribution in [3.05, 3.63) is 52.0 Å². The first-order chi connectivity index (χ1) is 12.9. The normalized spacial score (nSPS) is 10.5. The Labute approximate surface area is 169 Å². The molecule has 27 heavy (non-hydrogen) atoms. The first kappa shape index (κ1) is 19.1. The number of nitrogens with one attached hydrogen (secondary N) is 2. The summed E-state index contributed by atoms with van der Waals surface area (Å²) >= 11 is 4.52. The Morgan fingerprint density at radius 1 is 1.07 bits per heavy atom. The minimum atomic E-state index is -0.267. The first-order valence-corrected chi connectivity index (χ1v) is 9.56. The van der Waals surface area contributed by atoms with Crippen molar-refractivity contribution in [3.8, 4) is 5.75 Å². The Hall–Kier alpha value is -2.65. The minimum Gasteiger partial charge on any atom is -0.505 e. The van der Waals surface area contributed by atoms with E-state index in [0.717, 1.165) is 21.9 Å². The highest BCUT2D eigenvalue weighted by Gasteiger charge is 2.20. The smallest absolute Gasteiger partial charge is 0.257 e. The van der Waals surface area contributed by atoms with Crippen molar-refractivity contribution >= 4 is 56.6 Å². The van der Waals surface area contributed by atoms with Gasteiger partial charge in [0.05, 0.1) is 28.7 Å². The van der Waals surface area contributed by atoms with Crippen molar-refractivity contribution in [2.45, 2.75) is 6.92 Å². The van der Waals surface area contributed by atoms with Gasteiger partial charge >= 0.3 is 0 Å². The van der Waals surface area contributed by atoms with Crippen molar-refractivity contribution in [3.63, 3.8) is 0 Å². The number of carbonyl (C=O) groups excluding carboxylic acids is 1. The van der Waals surface area contributed by atoms with Gasteiger partial charge in [-0.25, -0.2) is 0 Å². The molecular weight excluding hydrogens is 430 g/mol. The molecule has 0 unspecified atom stereocenters. The van der Waals surface area contributed by atoms with Gasteiger partial charge in [-0.3, -0.25) is 4.79 Å². The number of aromatic nitrogens is 2. The number of nitrogens with zero attached hydrogens (tertiary/aromatic N) is 3. The second-order valence-electron chi connectivity index (χ2n) is 6.04. The summed E-state index contributed by atoms with van der Waals surface area (Å²) in [7, 11) is 3.29. The third-order valence-electron chi connectivity index (χ3n) is 3.87. The van der Waals surface area contributed by atoms with Crippen LogP contribution in [0, 0.1) is 6.92 Å². The number of phenols is 1. The fraction of sp³-hybridized carbons (Fsp3) is 0.167. The van der Waals surface area contributed by atoms with Crippen LogP contribution in [0.1, 0.15) is 15.9 Å². The van der Waals surface area contributed by atoms with Crippen LogP contribution in [0.4, 0.5) is 23.0 Å². The molecule has 140 valence electrons. The molecule has 9 heteroatoms. The van der Waals surface area contributed by atoms with Gasteiger partial charge in [0.25, 0.3) is 5.91 Å². The zero-order chi connectivity index (χ0) is 19.6. The van der Waals surface area contributed by atoms with Gasteiger partial charge < -0.3 is 20.6 Å². The molecule has 0 fully saturated rings. The number of benzene rings is 2. The van der Waals surface area contributed by atoms with Crippen LogP contribution in [-0.2, 0) is 0 Å². The molecule has 0 saturated carbocycles. The minimum absolute atomic E-state index is 0.117. The molecule has 0 spiro atoms. The lowest BCUT2D eigenvalue weighted by molar-refractivity contribution is 0.0824. The second-order valence-corrected chi connectivity index (χ2v) is 7.43. The lowest BCUT2D eigenvalue weighted by Crippen LogP contribution is -2.22. The fourth-order valence-electron chi connectivity index (χ4n) is 2.46. The molecule has 3 rings (SSSR count). The highest BCUT2D eigenvalue weighted by molar-refractivity contribution is 9.10. The van der Waals surface area contributed by atoms with Gasteiger partial charge in [0, 0.05) is 18.6 Å². The summed E-state index contributed by atoms with van der Waals surface area (Å²) in [5.74, 6) is 0.593. The van der Waals surface area contributed by atoms with E-state index in [1.165, 1.54) is 4.90 Å². The van der Waals surface area contributed by atoms with E-state index in [1.54, 1.807) is 33.2 Å². The number of halogens is 1. The maximum absolute atomic E-state index is 12.4. The molecule has 0 bridgehead atoms. The molecule has 0 atom stereocenters. The summed E-state index contributed by atoms with van der Waals surface area (Å²) in [5.41, 5.74) is 2.17. The van der Waals surface area contributed by atoms with Gasteiger partial charge in [-0.1, -0.05) is 18.2 Å². The highest BCUT2D eigenvalue weighted by Crippen LogP contribution is 2.35. The number of rotatable bonds is 5. The maximum Gasteiger partial charge on any atom is 0.257 e. The molecule has 1 heterocycles. The number of phenolic OH excluding ortho intramolecular Hbond substituents is 1. The van der Waals surface area contributed by atoms with E-state index in [2.05, 4.69) is 35.3 Å². The van der Waals surface area contributed by atoms with Gasteiger partial charge in [0.1, 0.15) is 0 Å². The molecule has 0 radical (unpaired) electrons. The zero-order valence-electron chi connectivity index (χ0n) is 14.9. The number of carbonyl (C=O) groups is 1. The van der Waals surface area contributed by atoms with Gasteiger partial charge in [0.2, 0.25) is 0 Å². The van der Waals surface area contributed by atoms with Gasteiger partial charge in [-0.05, 0) is 46.6 Å². The Bertz CT molecular complexity index is 990. The average molecular weight is 448 g/mol. The zero-order valence-corrected chi connectivity index (χ0v) is 17.3. The van der Waals surface area contributed by atoms with Crippen molar-refractivity contribution in [2.75, 3.05) is 24.7 Å². The van der Waals surface area contributed by atoms with E-state index in [1.807, 2.05) is 24.3 Å². The monoisotopic (exact) mass is 447 g/mol. The Kier molecular flexibility index (Phi) is 5.62. The SMILES string of the molecule is Cc1ccc(Nc2nsnc2Nc2ccccc2Br)c(O)c1C(=O)N(C)C. The van der Waals surface area contributed by atoms with E-state index in [-0.39, 0.29) is 17.2 Å². The lowest BCUT2D eigenvalue weighted by atomic mass is 10.0. The summed E-state index contributed by atoms with van der Waals surface area (Å²) < 4.78 is 9.40. The van der Waals surface area contributed by atoms with E-state index in [0.29, 0.717) is 22.9 Å². The number of anilines is 4. The van der Waals surface area contributed by atoms with E-state index in [9.17, 15) is 9.90 Å². The summed E-state index contributed by atoms with van der Waals surface area (Å²) in [6.07, 6.45) is 0.